The van der Waals surface area contributed by atoms with Crippen molar-refractivity contribution in [2.75, 3.05) is 5.32 Å². The molecular weight excluding hydrogens is 220 g/mol. The first-order valence-electron chi connectivity index (χ1n) is 5.25. The van der Waals surface area contributed by atoms with E-state index in [1.807, 2.05) is 12.3 Å². The molecule has 1 N–H and O–H groups in total. The molecule has 0 fully saturated rings. The standard InChI is InChI=1S/C11H14N4S/c1-3-10-14-11(16-15-10)13-7-9-6-12-5-4-8(9)2/h4-6H,3,7H2,1-2H3,(H,13,14,15). The van der Waals surface area contributed by atoms with Gasteiger partial charge in [-0.1, -0.05) is 6.92 Å². The molecule has 84 valence electrons. The smallest absolute Gasteiger partial charge is 0.202 e. The monoisotopic (exact) mass is 234 g/mol. The van der Waals surface area contributed by atoms with Gasteiger partial charge in [-0.25, -0.2) is 4.98 Å². The van der Waals surface area contributed by atoms with Crippen LogP contribution in [0.15, 0.2) is 18.5 Å². The van der Waals surface area contributed by atoms with Gasteiger partial charge in [-0.15, -0.1) is 0 Å². The lowest BCUT2D eigenvalue weighted by molar-refractivity contribution is 0.990. The van der Waals surface area contributed by atoms with E-state index in [4.69, 9.17) is 0 Å². The summed E-state index contributed by atoms with van der Waals surface area (Å²) < 4.78 is 4.22. The lowest BCUT2D eigenvalue weighted by Crippen LogP contribution is -2.01. The molecule has 4 nitrogen and oxygen atoms in total. The van der Waals surface area contributed by atoms with Crippen molar-refractivity contribution in [2.24, 2.45) is 0 Å². The normalized spacial score (nSPS) is 10.4. The van der Waals surface area contributed by atoms with E-state index in [1.54, 1.807) is 6.20 Å². The zero-order valence-electron chi connectivity index (χ0n) is 9.40. The molecule has 0 unspecified atom stereocenters. The molecule has 0 amide bonds. The molecule has 0 bridgehead atoms. The topological polar surface area (TPSA) is 50.7 Å². The van der Waals surface area contributed by atoms with Crippen molar-refractivity contribution in [1.29, 1.82) is 0 Å². The number of hydrogen-bond donors (Lipinski definition) is 1. The van der Waals surface area contributed by atoms with Crippen LogP contribution in [0, 0.1) is 6.92 Å². The number of rotatable bonds is 4. The van der Waals surface area contributed by atoms with Gasteiger partial charge >= 0.3 is 0 Å². The molecule has 2 heterocycles. The van der Waals surface area contributed by atoms with Crippen LogP contribution in [0.3, 0.4) is 0 Å². The van der Waals surface area contributed by atoms with E-state index in [0.717, 1.165) is 23.9 Å². The largest absolute Gasteiger partial charge is 0.356 e. The Kier molecular flexibility index (Phi) is 3.46. The molecule has 2 rings (SSSR count). The van der Waals surface area contributed by atoms with E-state index < -0.39 is 0 Å². The van der Waals surface area contributed by atoms with Crippen molar-refractivity contribution in [1.82, 2.24) is 14.3 Å². The molecule has 2 aromatic heterocycles. The van der Waals surface area contributed by atoms with E-state index in [1.165, 1.54) is 22.7 Å². The average Bonchev–Trinajstić information content (AvgIpc) is 2.76. The van der Waals surface area contributed by atoms with Crippen LogP contribution >= 0.6 is 11.5 Å². The Bertz CT molecular complexity index is 467. The molecular formula is C11H14N4S. The Morgan fingerprint density at radius 1 is 1.44 bits per heavy atom. The summed E-state index contributed by atoms with van der Waals surface area (Å²) in [6.45, 7) is 4.88. The predicted octanol–water partition coefficient (Wildman–Crippen LogP) is 2.42. The number of aryl methyl sites for hydroxylation is 2. The zero-order chi connectivity index (χ0) is 11.4. The van der Waals surface area contributed by atoms with Crippen LogP contribution < -0.4 is 5.32 Å². The van der Waals surface area contributed by atoms with Gasteiger partial charge in [0.25, 0.3) is 0 Å². The highest BCUT2D eigenvalue weighted by Crippen LogP contribution is 2.13. The molecule has 2 aromatic rings. The van der Waals surface area contributed by atoms with Crippen molar-refractivity contribution in [3.05, 3.63) is 35.4 Å². The Balaban J connectivity index is 1.99. The van der Waals surface area contributed by atoms with Crippen LogP contribution in [-0.2, 0) is 13.0 Å². The van der Waals surface area contributed by atoms with E-state index in [0.29, 0.717) is 0 Å². The first-order chi connectivity index (χ1) is 7.79. The van der Waals surface area contributed by atoms with Crippen LogP contribution in [0.1, 0.15) is 23.9 Å². The Hall–Kier alpha value is -1.49. The van der Waals surface area contributed by atoms with E-state index in [9.17, 15) is 0 Å². The Morgan fingerprint density at radius 3 is 3.00 bits per heavy atom. The lowest BCUT2D eigenvalue weighted by atomic mass is 10.2. The van der Waals surface area contributed by atoms with Gasteiger partial charge in [-0.3, -0.25) is 4.98 Å². The van der Waals surface area contributed by atoms with Crippen molar-refractivity contribution < 1.29 is 0 Å². The van der Waals surface area contributed by atoms with Crippen molar-refractivity contribution in [3.8, 4) is 0 Å². The summed E-state index contributed by atoms with van der Waals surface area (Å²) in [6, 6.07) is 2.01. The van der Waals surface area contributed by atoms with E-state index in [2.05, 4.69) is 33.5 Å². The highest BCUT2D eigenvalue weighted by molar-refractivity contribution is 7.09. The molecule has 0 atom stereocenters. The maximum Gasteiger partial charge on any atom is 0.202 e. The van der Waals surface area contributed by atoms with Crippen molar-refractivity contribution in [3.63, 3.8) is 0 Å². The third-order valence-corrected chi connectivity index (χ3v) is 3.07. The van der Waals surface area contributed by atoms with Gasteiger partial charge in [-0.2, -0.15) is 4.37 Å². The minimum Gasteiger partial charge on any atom is -0.356 e. The fraction of sp³-hybridized carbons (Fsp3) is 0.364. The molecule has 0 saturated heterocycles. The first kappa shape index (κ1) is 11.0. The van der Waals surface area contributed by atoms with Gasteiger partial charge in [0.2, 0.25) is 5.13 Å². The maximum atomic E-state index is 4.35. The summed E-state index contributed by atoms with van der Waals surface area (Å²) in [7, 11) is 0. The minimum absolute atomic E-state index is 0.748. The molecule has 0 saturated carbocycles. The number of aromatic nitrogens is 3. The van der Waals surface area contributed by atoms with Crippen molar-refractivity contribution in [2.45, 2.75) is 26.8 Å². The quantitative estimate of drug-likeness (QED) is 0.882. The van der Waals surface area contributed by atoms with Gasteiger partial charge in [0.15, 0.2) is 0 Å². The summed E-state index contributed by atoms with van der Waals surface area (Å²) >= 11 is 1.41. The molecule has 16 heavy (non-hydrogen) atoms. The average molecular weight is 234 g/mol. The van der Waals surface area contributed by atoms with Gasteiger partial charge in [0.1, 0.15) is 5.82 Å². The van der Waals surface area contributed by atoms with E-state index in [-0.39, 0.29) is 0 Å². The molecule has 0 radical (unpaired) electrons. The summed E-state index contributed by atoms with van der Waals surface area (Å²) in [5, 5.41) is 4.14. The number of pyridine rings is 1. The van der Waals surface area contributed by atoms with Crippen LogP contribution in [0.4, 0.5) is 5.13 Å². The van der Waals surface area contributed by atoms with E-state index >= 15 is 0 Å². The second-order valence-corrected chi connectivity index (χ2v) is 4.28. The molecule has 0 aromatic carbocycles. The highest BCUT2D eigenvalue weighted by atomic mass is 32.1. The SMILES string of the molecule is CCc1nsc(NCc2cnccc2C)n1. The molecule has 0 aliphatic carbocycles. The van der Waals surface area contributed by atoms with Crippen LogP contribution in [0.2, 0.25) is 0 Å². The fourth-order valence-corrected chi connectivity index (χ4v) is 1.97. The summed E-state index contributed by atoms with van der Waals surface area (Å²) in [4.78, 5) is 8.46. The number of nitrogens with zero attached hydrogens (tertiary/aromatic N) is 3. The maximum absolute atomic E-state index is 4.35. The Labute approximate surface area is 98.9 Å². The first-order valence-corrected chi connectivity index (χ1v) is 6.03. The number of hydrogen-bond acceptors (Lipinski definition) is 5. The number of nitrogens with one attached hydrogen (secondary N) is 1. The van der Waals surface area contributed by atoms with Crippen molar-refractivity contribution >= 4 is 16.7 Å². The van der Waals surface area contributed by atoms with Gasteiger partial charge in [0.05, 0.1) is 0 Å². The summed E-state index contributed by atoms with van der Waals surface area (Å²) in [5.74, 6) is 0.899. The zero-order valence-corrected chi connectivity index (χ0v) is 10.2. The summed E-state index contributed by atoms with van der Waals surface area (Å²) in [6.07, 6.45) is 4.56. The molecule has 0 spiro atoms. The molecule has 5 heteroatoms. The lowest BCUT2D eigenvalue weighted by Gasteiger charge is -2.04. The second kappa shape index (κ2) is 5.03. The third-order valence-electron chi connectivity index (χ3n) is 2.36. The molecule has 0 aliphatic heterocycles. The third kappa shape index (κ3) is 2.55. The van der Waals surface area contributed by atoms with Gasteiger partial charge < -0.3 is 5.32 Å². The summed E-state index contributed by atoms with van der Waals surface area (Å²) in [5.41, 5.74) is 2.43. The van der Waals surface area contributed by atoms with Crippen LogP contribution in [-0.4, -0.2) is 14.3 Å². The molecule has 0 aliphatic rings. The van der Waals surface area contributed by atoms with Crippen LogP contribution in [0.5, 0.6) is 0 Å². The predicted molar refractivity (Wildman–Crippen MR) is 65.6 cm³/mol. The van der Waals surface area contributed by atoms with Gasteiger partial charge in [-0.05, 0) is 24.1 Å². The Morgan fingerprint density at radius 2 is 2.31 bits per heavy atom. The second-order valence-electron chi connectivity index (χ2n) is 3.53. The van der Waals surface area contributed by atoms with Crippen LogP contribution in [0.25, 0.3) is 0 Å². The van der Waals surface area contributed by atoms with Gasteiger partial charge in [0, 0.05) is 36.9 Å². The minimum atomic E-state index is 0.748. The number of anilines is 1. The highest BCUT2D eigenvalue weighted by Gasteiger charge is 2.02. The fourth-order valence-electron chi connectivity index (χ4n) is 1.32.